The van der Waals surface area contributed by atoms with E-state index < -0.39 is 0 Å². The van der Waals surface area contributed by atoms with Gasteiger partial charge < -0.3 is 4.74 Å². The van der Waals surface area contributed by atoms with E-state index in [1.807, 2.05) is 0 Å². The number of esters is 1. The molecule has 0 fully saturated rings. The van der Waals surface area contributed by atoms with Crippen molar-refractivity contribution >= 4 is 45.8 Å². The summed E-state index contributed by atoms with van der Waals surface area (Å²) in [4.78, 5) is 15.7. The summed E-state index contributed by atoms with van der Waals surface area (Å²) in [6.07, 6.45) is 1.77. The highest BCUT2D eigenvalue weighted by Gasteiger charge is 2.15. The van der Waals surface area contributed by atoms with Gasteiger partial charge in [0.25, 0.3) is 0 Å². The van der Waals surface area contributed by atoms with Crippen LogP contribution in [0.5, 0.6) is 0 Å². The zero-order valence-electron chi connectivity index (χ0n) is 8.41. The smallest absolute Gasteiger partial charge is 0.341 e. The molecule has 0 aromatic carbocycles. The highest BCUT2D eigenvalue weighted by molar-refractivity contribution is 14.1. The van der Waals surface area contributed by atoms with Crippen LogP contribution in [0, 0.1) is 3.70 Å². The first-order valence-corrected chi connectivity index (χ1v) is 6.09. The van der Waals surface area contributed by atoms with Gasteiger partial charge in [-0.1, -0.05) is 11.6 Å². The van der Waals surface area contributed by atoms with Crippen LogP contribution in [0.4, 0.5) is 0 Å². The fourth-order valence-electron chi connectivity index (χ4n) is 1.38. The Balaban J connectivity index is 2.60. The topological polar surface area (TPSA) is 43.6 Å². The van der Waals surface area contributed by atoms with Gasteiger partial charge in [-0.05, 0) is 35.6 Å². The molecule has 2 aromatic rings. The summed E-state index contributed by atoms with van der Waals surface area (Å²) in [6, 6.07) is 3.41. The summed E-state index contributed by atoms with van der Waals surface area (Å²) >= 11 is 7.98. The maximum atomic E-state index is 11.6. The van der Waals surface area contributed by atoms with Crippen LogP contribution in [-0.2, 0) is 4.74 Å². The number of halogens is 2. The molecule has 0 radical (unpaired) electrons. The van der Waals surface area contributed by atoms with E-state index >= 15 is 0 Å². The molecular formula is C10H8ClIN2O2. The van der Waals surface area contributed by atoms with Crippen molar-refractivity contribution in [3.05, 3.63) is 32.7 Å². The van der Waals surface area contributed by atoms with Gasteiger partial charge in [0.05, 0.1) is 10.3 Å². The van der Waals surface area contributed by atoms with Crippen molar-refractivity contribution in [3.63, 3.8) is 0 Å². The van der Waals surface area contributed by atoms with Gasteiger partial charge in [0.2, 0.25) is 0 Å². The molecule has 4 nitrogen and oxygen atoms in total. The van der Waals surface area contributed by atoms with E-state index in [1.165, 1.54) is 0 Å². The second-order valence-corrected chi connectivity index (χ2v) is 4.54. The van der Waals surface area contributed by atoms with Gasteiger partial charge in [-0.15, -0.1) is 0 Å². The van der Waals surface area contributed by atoms with E-state index in [0.717, 1.165) is 3.70 Å². The van der Waals surface area contributed by atoms with Gasteiger partial charge in [0, 0.05) is 12.3 Å². The zero-order valence-corrected chi connectivity index (χ0v) is 11.3. The molecular weight excluding hydrogens is 342 g/mol. The molecule has 0 spiro atoms. The van der Waals surface area contributed by atoms with Gasteiger partial charge in [-0.3, -0.25) is 4.40 Å². The molecule has 0 aliphatic carbocycles. The normalized spacial score (nSPS) is 10.7. The number of carbonyl (C=O) groups is 1. The summed E-state index contributed by atoms with van der Waals surface area (Å²) in [7, 11) is 0. The number of ether oxygens (including phenoxy) is 1. The van der Waals surface area contributed by atoms with Gasteiger partial charge in [-0.25, -0.2) is 9.78 Å². The third-order valence-corrected chi connectivity index (χ3v) is 3.06. The highest BCUT2D eigenvalue weighted by atomic mass is 127. The van der Waals surface area contributed by atoms with Crippen LogP contribution in [0.15, 0.2) is 18.3 Å². The molecule has 84 valence electrons. The van der Waals surface area contributed by atoms with E-state index in [4.69, 9.17) is 16.3 Å². The Morgan fingerprint density at radius 2 is 2.44 bits per heavy atom. The summed E-state index contributed by atoms with van der Waals surface area (Å²) in [5, 5.41) is 0.362. The minimum absolute atomic E-state index is 0.341. The van der Waals surface area contributed by atoms with Crippen LogP contribution in [-0.4, -0.2) is 22.0 Å². The lowest BCUT2D eigenvalue weighted by Gasteiger charge is -2.02. The lowest BCUT2D eigenvalue weighted by molar-refractivity contribution is 0.0528. The largest absolute Gasteiger partial charge is 0.462 e. The third kappa shape index (κ3) is 2.01. The predicted octanol–water partition coefficient (Wildman–Crippen LogP) is 2.77. The molecule has 0 aliphatic heterocycles. The third-order valence-electron chi connectivity index (χ3n) is 2.04. The minimum Gasteiger partial charge on any atom is -0.462 e. The van der Waals surface area contributed by atoms with Crippen LogP contribution in [0.2, 0.25) is 5.15 Å². The first kappa shape index (κ1) is 11.7. The molecule has 0 bridgehead atoms. The van der Waals surface area contributed by atoms with Crippen molar-refractivity contribution in [2.45, 2.75) is 6.92 Å². The number of fused-ring (bicyclic) bond motifs is 1. The van der Waals surface area contributed by atoms with Crippen LogP contribution in [0.1, 0.15) is 17.3 Å². The molecule has 0 amide bonds. The molecule has 16 heavy (non-hydrogen) atoms. The van der Waals surface area contributed by atoms with E-state index in [9.17, 15) is 4.79 Å². The van der Waals surface area contributed by atoms with Gasteiger partial charge >= 0.3 is 5.97 Å². The lowest BCUT2D eigenvalue weighted by atomic mass is 10.3. The quantitative estimate of drug-likeness (QED) is 0.475. The van der Waals surface area contributed by atoms with Crippen molar-refractivity contribution in [3.8, 4) is 0 Å². The molecule has 2 heterocycles. The first-order chi connectivity index (χ1) is 7.63. The fraction of sp³-hybridized carbons (Fsp3) is 0.200. The summed E-state index contributed by atoms with van der Waals surface area (Å²) in [5.41, 5.74) is 0.956. The molecule has 2 rings (SSSR count). The van der Waals surface area contributed by atoms with Crippen LogP contribution in [0.3, 0.4) is 0 Å². The minimum atomic E-state index is -0.379. The molecule has 0 saturated heterocycles. The fourth-order valence-corrected chi connectivity index (χ4v) is 2.43. The molecule has 0 aliphatic rings. The molecule has 0 saturated carbocycles. The number of aromatic nitrogens is 2. The van der Waals surface area contributed by atoms with E-state index in [1.54, 1.807) is 29.7 Å². The maximum Gasteiger partial charge on any atom is 0.341 e. The van der Waals surface area contributed by atoms with Gasteiger partial charge in [0.15, 0.2) is 5.65 Å². The average Bonchev–Trinajstić information content (AvgIpc) is 2.61. The molecule has 0 unspecified atom stereocenters. The molecule has 0 atom stereocenters. The Morgan fingerprint density at radius 1 is 1.69 bits per heavy atom. The molecule has 2 aromatic heterocycles. The SMILES string of the molecule is CCOC(=O)c1ccn2c(I)cc(Cl)nc12. The lowest BCUT2D eigenvalue weighted by Crippen LogP contribution is -2.05. The summed E-state index contributed by atoms with van der Waals surface area (Å²) in [5.74, 6) is -0.379. The Hall–Kier alpha value is -0.820. The van der Waals surface area contributed by atoms with Crippen LogP contribution < -0.4 is 0 Å². The van der Waals surface area contributed by atoms with E-state index in [2.05, 4.69) is 27.6 Å². The Bertz CT molecular complexity index is 553. The van der Waals surface area contributed by atoms with Crippen molar-refractivity contribution < 1.29 is 9.53 Å². The van der Waals surface area contributed by atoms with Gasteiger partial charge in [0.1, 0.15) is 10.7 Å². The Morgan fingerprint density at radius 3 is 3.12 bits per heavy atom. The molecule has 6 heteroatoms. The Labute approximate surface area is 111 Å². The van der Waals surface area contributed by atoms with Crippen LogP contribution >= 0.6 is 34.2 Å². The van der Waals surface area contributed by atoms with Crippen LogP contribution in [0.25, 0.3) is 5.65 Å². The predicted molar refractivity (Wildman–Crippen MR) is 68.9 cm³/mol. The number of nitrogens with zero attached hydrogens (tertiary/aromatic N) is 2. The second kappa shape index (κ2) is 4.58. The zero-order chi connectivity index (χ0) is 11.7. The number of hydrogen-bond donors (Lipinski definition) is 0. The Kier molecular flexibility index (Phi) is 3.34. The summed E-state index contributed by atoms with van der Waals surface area (Å²) in [6.45, 7) is 2.11. The van der Waals surface area contributed by atoms with Crippen molar-refractivity contribution in [1.29, 1.82) is 0 Å². The van der Waals surface area contributed by atoms with Gasteiger partial charge in [-0.2, -0.15) is 0 Å². The highest BCUT2D eigenvalue weighted by Crippen LogP contribution is 2.19. The average molecular weight is 351 g/mol. The van der Waals surface area contributed by atoms with E-state index in [-0.39, 0.29) is 5.97 Å². The first-order valence-electron chi connectivity index (χ1n) is 4.63. The van der Waals surface area contributed by atoms with Crippen molar-refractivity contribution in [2.75, 3.05) is 6.61 Å². The molecule has 0 N–H and O–H groups in total. The number of carbonyl (C=O) groups excluding carboxylic acids is 1. The number of hydrogen-bond acceptors (Lipinski definition) is 3. The standard InChI is InChI=1S/C10H8ClIN2O2/c1-2-16-10(15)6-3-4-14-8(12)5-7(11)13-9(6)14/h3-5H,2H2,1H3. The second-order valence-electron chi connectivity index (χ2n) is 3.05. The summed E-state index contributed by atoms with van der Waals surface area (Å²) < 4.78 is 7.62. The van der Waals surface area contributed by atoms with Crippen molar-refractivity contribution in [2.24, 2.45) is 0 Å². The maximum absolute atomic E-state index is 11.6. The number of rotatable bonds is 2. The monoisotopic (exact) mass is 350 g/mol. The van der Waals surface area contributed by atoms with E-state index in [0.29, 0.717) is 23.0 Å². The van der Waals surface area contributed by atoms with Crippen molar-refractivity contribution in [1.82, 2.24) is 9.38 Å².